The average molecular weight is 463 g/mol. The first-order chi connectivity index (χ1) is 17.7. The van der Waals surface area contributed by atoms with Crippen LogP contribution in [0, 0.1) is 13.8 Å². The van der Waals surface area contributed by atoms with Crippen LogP contribution in [0.1, 0.15) is 11.1 Å². The highest BCUT2D eigenvalue weighted by molar-refractivity contribution is 6.04. The lowest BCUT2D eigenvalue weighted by molar-refractivity contribution is 1.15. The molecule has 0 aromatic heterocycles. The first kappa shape index (κ1) is 20.8. The van der Waals surface area contributed by atoms with Crippen LogP contribution in [0.25, 0.3) is 21.5 Å². The molecular weight excluding hydrogens is 436 g/mol. The third-order valence-corrected chi connectivity index (χ3v) is 7.28. The Bertz CT molecular complexity index is 1780. The number of nitrogens with zero attached hydrogens (tertiary/aromatic N) is 2. The minimum absolute atomic E-state index is 1.17. The monoisotopic (exact) mass is 462 g/mol. The van der Waals surface area contributed by atoms with Gasteiger partial charge >= 0.3 is 0 Å². The Hall–Kier alpha value is -4.56. The predicted octanol–water partition coefficient (Wildman–Crippen LogP) is 9.86. The Labute approximate surface area is 211 Å². The molecule has 0 unspecified atom stereocenters. The predicted molar refractivity (Wildman–Crippen MR) is 154 cm³/mol. The standard InChI is InChI=1S/C34H26N2/c1-23-14-19-31-33(20-23)35(29-17-15-25-9-3-5-11-27(25)21-29)32-13-7-8-24(2)34(32)36(31)30-18-16-26-10-4-6-12-28(26)22-30/h3-22H,1-2H3. The topological polar surface area (TPSA) is 6.48 Å². The van der Waals surface area contributed by atoms with E-state index in [1.54, 1.807) is 0 Å². The van der Waals surface area contributed by atoms with Gasteiger partial charge in [0.25, 0.3) is 0 Å². The van der Waals surface area contributed by atoms with E-state index in [-0.39, 0.29) is 0 Å². The Kier molecular flexibility index (Phi) is 4.62. The van der Waals surface area contributed by atoms with Gasteiger partial charge in [0.05, 0.1) is 22.7 Å². The van der Waals surface area contributed by atoms with Crippen LogP contribution in [0.15, 0.2) is 121 Å². The molecule has 0 amide bonds. The van der Waals surface area contributed by atoms with Gasteiger partial charge in [-0.05, 0) is 89.0 Å². The molecular formula is C34H26N2. The van der Waals surface area contributed by atoms with Crippen molar-refractivity contribution in [2.24, 2.45) is 0 Å². The van der Waals surface area contributed by atoms with Crippen LogP contribution in [0.2, 0.25) is 0 Å². The summed E-state index contributed by atoms with van der Waals surface area (Å²) in [7, 11) is 0. The normalized spacial score (nSPS) is 12.6. The summed E-state index contributed by atoms with van der Waals surface area (Å²) in [5.74, 6) is 0. The quantitative estimate of drug-likeness (QED) is 0.252. The highest BCUT2D eigenvalue weighted by Gasteiger charge is 2.31. The van der Waals surface area contributed by atoms with Gasteiger partial charge in [-0.2, -0.15) is 0 Å². The highest BCUT2D eigenvalue weighted by atomic mass is 15.3. The SMILES string of the molecule is Cc1ccc2c(c1)N(c1ccc3ccccc3c1)c1cccc(C)c1N2c1ccc2ccccc2c1. The van der Waals surface area contributed by atoms with Crippen LogP contribution < -0.4 is 9.80 Å². The number of aryl methyl sites for hydroxylation is 2. The van der Waals surface area contributed by atoms with E-state index in [2.05, 4.69) is 145 Å². The second-order valence-electron chi connectivity index (χ2n) is 9.67. The van der Waals surface area contributed by atoms with Gasteiger partial charge in [0.2, 0.25) is 0 Å². The van der Waals surface area contributed by atoms with Crippen LogP contribution in [-0.4, -0.2) is 0 Å². The van der Waals surface area contributed by atoms with Crippen molar-refractivity contribution in [1.82, 2.24) is 0 Å². The van der Waals surface area contributed by atoms with E-state index in [1.165, 1.54) is 66.8 Å². The summed E-state index contributed by atoms with van der Waals surface area (Å²) in [6, 6.07) is 44.1. The molecule has 0 aliphatic carbocycles. The van der Waals surface area contributed by atoms with E-state index in [0.717, 1.165) is 0 Å². The van der Waals surface area contributed by atoms with E-state index in [9.17, 15) is 0 Å². The molecule has 7 rings (SSSR count). The summed E-state index contributed by atoms with van der Waals surface area (Å²) < 4.78 is 0. The summed E-state index contributed by atoms with van der Waals surface area (Å²) in [4.78, 5) is 4.86. The maximum Gasteiger partial charge on any atom is 0.0732 e. The zero-order valence-corrected chi connectivity index (χ0v) is 20.4. The second-order valence-corrected chi connectivity index (χ2v) is 9.67. The van der Waals surface area contributed by atoms with Crippen LogP contribution in [0.4, 0.5) is 34.1 Å². The Balaban J connectivity index is 1.51. The minimum Gasteiger partial charge on any atom is -0.306 e. The zero-order chi connectivity index (χ0) is 24.2. The van der Waals surface area contributed by atoms with Crippen molar-refractivity contribution in [2.45, 2.75) is 13.8 Å². The van der Waals surface area contributed by atoms with E-state index in [1.807, 2.05) is 0 Å². The smallest absolute Gasteiger partial charge is 0.0732 e. The number of fused-ring (bicyclic) bond motifs is 4. The molecule has 0 saturated carbocycles. The Morgan fingerprint density at radius 2 is 1.03 bits per heavy atom. The summed E-state index contributed by atoms with van der Waals surface area (Å²) in [5.41, 5.74) is 9.63. The van der Waals surface area contributed by atoms with Gasteiger partial charge in [0, 0.05) is 11.4 Å². The van der Waals surface area contributed by atoms with Crippen LogP contribution in [0.5, 0.6) is 0 Å². The third-order valence-electron chi connectivity index (χ3n) is 7.28. The van der Waals surface area contributed by atoms with Gasteiger partial charge in [0.1, 0.15) is 0 Å². The lowest BCUT2D eigenvalue weighted by Gasteiger charge is -2.41. The highest BCUT2D eigenvalue weighted by Crippen LogP contribution is 2.55. The van der Waals surface area contributed by atoms with Crippen molar-refractivity contribution in [3.05, 3.63) is 132 Å². The molecule has 0 bridgehead atoms. The number of rotatable bonds is 2. The van der Waals surface area contributed by atoms with Gasteiger partial charge in [-0.25, -0.2) is 0 Å². The Morgan fingerprint density at radius 3 is 1.69 bits per heavy atom. The largest absolute Gasteiger partial charge is 0.306 e. The summed E-state index contributed by atoms with van der Waals surface area (Å²) in [6.45, 7) is 4.38. The van der Waals surface area contributed by atoms with Crippen molar-refractivity contribution in [1.29, 1.82) is 0 Å². The molecule has 36 heavy (non-hydrogen) atoms. The van der Waals surface area contributed by atoms with Crippen LogP contribution in [-0.2, 0) is 0 Å². The van der Waals surface area contributed by atoms with Gasteiger partial charge in [0.15, 0.2) is 0 Å². The molecule has 0 atom stereocenters. The molecule has 6 aromatic rings. The number of hydrogen-bond donors (Lipinski definition) is 0. The van der Waals surface area contributed by atoms with Gasteiger partial charge in [-0.15, -0.1) is 0 Å². The fourth-order valence-corrected chi connectivity index (χ4v) is 5.54. The lowest BCUT2D eigenvalue weighted by Crippen LogP contribution is -2.25. The molecule has 0 fully saturated rings. The minimum atomic E-state index is 1.17. The third kappa shape index (κ3) is 3.19. The van der Waals surface area contributed by atoms with Crippen molar-refractivity contribution in [3.63, 3.8) is 0 Å². The summed E-state index contributed by atoms with van der Waals surface area (Å²) in [5, 5.41) is 5.00. The Morgan fingerprint density at radius 1 is 0.417 bits per heavy atom. The average Bonchev–Trinajstić information content (AvgIpc) is 2.91. The van der Waals surface area contributed by atoms with E-state index < -0.39 is 0 Å². The molecule has 0 saturated heterocycles. The van der Waals surface area contributed by atoms with Gasteiger partial charge in [-0.1, -0.05) is 78.9 Å². The summed E-state index contributed by atoms with van der Waals surface area (Å²) in [6.07, 6.45) is 0. The number of anilines is 6. The lowest BCUT2D eigenvalue weighted by atomic mass is 9.99. The number of benzene rings is 6. The van der Waals surface area contributed by atoms with Crippen molar-refractivity contribution in [2.75, 3.05) is 9.80 Å². The molecule has 2 nitrogen and oxygen atoms in total. The van der Waals surface area contributed by atoms with E-state index in [0.29, 0.717) is 0 Å². The van der Waals surface area contributed by atoms with Gasteiger partial charge in [-0.3, -0.25) is 0 Å². The molecule has 2 heteroatoms. The molecule has 0 spiro atoms. The second kappa shape index (κ2) is 8.00. The fraction of sp³-hybridized carbons (Fsp3) is 0.0588. The maximum absolute atomic E-state index is 2.43. The van der Waals surface area contributed by atoms with E-state index in [4.69, 9.17) is 0 Å². The van der Waals surface area contributed by atoms with Crippen molar-refractivity contribution in [3.8, 4) is 0 Å². The fourth-order valence-electron chi connectivity index (χ4n) is 5.54. The molecule has 0 radical (unpaired) electrons. The zero-order valence-electron chi connectivity index (χ0n) is 20.4. The molecule has 1 heterocycles. The van der Waals surface area contributed by atoms with Crippen LogP contribution >= 0.6 is 0 Å². The molecule has 172 valence electrons. The van der Waals surface area contributed by atoms with Gasteiger partial charge < -0.3 is 9.80 Å². The van der Waals surface area contributed by atoms with Crippen molar-refractivity contribution < 1.29 is 0 Å². The maximum atomic E-state index is 2.43. The first-order valence-electron chi connectivity index (χ1n) is 12.5. The van der Waals surface area contributed by atoms with Crippen LogP contribution in [0.3, 0.4) is 0 Å². The molecule has 6 aromatic carbocycles. The first-order valence-corrected chi connectivity index (χ1v) is 12.5. The number of hydrogen-bond acceptors (Lipinski definition) is 2. The molecule has 1 aliphatic rings. The van der Waals surface area contributed by atoms with E-state index >= 15 is 0 Å². The molecule has 1 aliphatic heterocycles. The number of para-hydroxylation sites is 1. The molecule has 0 N–H and O–H groups in total. The summed E-state index contributed by atoms with van der Waals surface area (Å²) >= 11 is 0. The van der Waals surface area contributed by atoms with Crippen molar-refractivity contribution >= 4 is 55.7 Å².